The number of carbonyl (C=O) groups is 2. The van der Waals surface area contributed by atoms with Gasteiger partial charge in [-0.25, -0.2) is 8.42 Å². The minimum atomic E-state index is -3.57. The van der Waals surface area contributed by atoms with Crippen molar-refractivity contribution in [3.63, 3.8) is 0 Å². The number of rotatable bonds is 14. The Morgan fingerprint density at radius 3 is 2.10 bits per heavy atom. The lowest BCUT2D eigenvalue weighted by Gasteiger charge is -2.32. The Labute approximate surface area is 252 Å². The van der Waals surface area contributed by atoms with Crippen molar-refractivity contribution in [2.75, 3.05) is 23.7 Å². The highest BCUT2D eigenvalue weighted by Crippen LogP contribution is 2.23. The van der Waals surface area contributed by atoms with Crippen LogP contribution in [0.2, 0.25) is 0 Å². The first-order chi connectivity index (χ1) is 19.8. The van der Waals surface area contributed by atoms with Gasteiger partial charge < -0.3 is 10.2 Å². The van der Waals surface area contributed by atoms with Crippen LogP contribution in [0.1, 0.15) is 54.5 Å². The summed E-state index contributed by atoms with van der Waals surface area (Å²) in [5, 5.41) is 3.04. The van der Waals surface area contributed by atoms with Crippen molar-refractivity contribution < 1.29 is 18.0 Å². The summed E-state index contributed by atoms with van der Waals surface area (Å²) in [6, 6.07) is 22.5. The van der Waals surface area contributed by atoms with Gasteiger partial charge in [-0.2, -0.15) is 0 Å². The summed E-state index contributed by atoms with van der Waals surface area (Å²) in [5.41, 5.74) is 5.49. The fourth-order valence-electron chi connectivity index (χ4n) is 5.05. The van der Waals surface area contributed by atoms with Crippen molar-refractivity contribution in [3.05, 3.63) is 101 Å². The molecule has 0 bridgehead atoms. The Morgan fingerprint density at radius 1 is 0.881 bits per heavy atom. The zero-order valence-corrected chi connectivity index (χ0v) is 26.6. The molecule has 2 amide bonds. The summed E-state index contributed by atoms with van der Waals surface area (Å²) in [4.78, 5) is 29.3. The fourth-order valence-corrected chi connectivity index (χ4v) is 6.00. The SMILES string of the molecule is Cc1cc(C)cc(N(CCCC(=O)N(Cc2ccccc2C)[C@H](Cc2ccccc2)C(=O)NCC(C)C)S(C)(=O)=O)c1. The summed E-state index contributed by atoms with van der Waals surface area (Å²) in [6.45, 7) is 10.9. The number of sulfonamides is 1. The van der Waals surface area contributed by atoms with E-state index in [4.69, 9.17) is 0 Å². The van der Waals surface area contributed by atoms with Gasteiger partial charge in [0.05, 0.1) is 11.9 Å². The maximum atomic E-state index is 14.0. The topological polar surface area (TPSA) is 86.8 Å². The molecule has 0 saturated heterocycles. The number of aryl methyl sites for hydroxylation is 3. The second-order valence-electron chi connectivity index (χ2n) is 11.6. The van der Waals surface area contributed by atoms with E-state index in [1.54, 1.807) is 4.90 Å². The van der Waals surface area contributed by atoms with E-state index in [1.165, 1.54) is 10.6 Å². The Hall–Kier alpha value is -3.65. The molecule has 0 aliphatic heterocycles. The van der Waals surface area contributed by atoms with E-state index in [2.05, 4.69) is 5.32 Å². The Bertz CT molecular complexity index is 1430. The lowest BCUT2D eigenvalue weighted by atomic mass is 10.0. The van der Waals surface area contributed by atoms with Crippen molar-refractivity contribution in [1.29, 1.82) is 0 Å². The Balaban J connectivity index is 1.90. The van der Waals surface area contributed by atoms with Gasteiger partial charge in [0.2, 0.25) is 21.8 Å². The third-order valence-corrected chi connectivity index (χ3v) is 8.40. The van der Waals surface area contributed by atoms with E-state index >= 15 is 0 Å². The lowest BCUT2D eigenvalue weighted by molar-refractivity contribution is -0.141. The molecule has 3 aromatic carbocycles. The molecular weight excluding hydrogens is 546 g/mol. The molecule has 8 heteroatoms. The smallest absolute Gasteiger partial charge is 0.243 e. The van der Waals surface area contributed by atoms with Gasteiger partial charge in [-0.15, -0.1) is 0 Å². The molecule has 42 heavy (non-hydrogen) atoms. The van der Waals surface area contributed by atoms with E-state index in [-0.39, 0.29) is 37.2 Å². The monoisotopic (exact) mass is 591 g/mol. The van der Waals surface area contributed by atoms with E-state index in [9.17, 15) is 18.0 Å². The van der Waals surface area contributed by atoms with Gasteiger partial charge in [-0.1, -0.05) is 74.5 Å². The number of nitrogens with zero attached hydrogens (tertiary/aromatic N) is 2. The Kier molecular flexibility index (Phi) is 11.7. The number of nitrogens with one attached hydrogen (secondary N) is 1. The molecule has 226 valence electrons. The molecule has 3 aromatic rings. The van der Waals surface area contributed by atoms with Crippen LogP contribution in [0.15, 0.2) is 72.8 Å². The van der Waals surface area contributed by atoms with Crippen LogP contribution in [0.4, 0.5) is 5.69 Å². The van der Waals surface area contributed by atoms with Crippen molar-refractivity contribution in [1.82, 2.24) is 10.2 Å². The van der Waals surface area contributed by atoms with Gasteiger partial charge in [0.15, 0.2) is 0 Å². The molecule has 0 aromatic heterocycles. The van der Waals surface area contributed by atoms with Gasteiger partial charge >= 0.3 is 0 Å². The van der Waals surface area contributed by atoms with Gasteiger partial charge in [0.1, 0.15) is 6.04 Å². The van der Waals surface area contributed by atoms with E-state index < -0.39 is 16.1 Å². The minimum absolute atomic E-state index is 0.103. The first kappa shape index (κ1) is 32.9. The van der Waals surface area contributed by atoms with Crippen molar-refractivity contribution in [2.45, 2.75) is 66.5 Å². The van der Waals surface area contributed by atoms with E-state index in [0.29, 0.717) is 25.1 Å². The normalized spacial score (nSPS) is 12.2. The van der Waals surface area contributed by atoms with E-state index in [0.717, 1.165) is 27.8 Å². The van der Waals surface area contributed by atoms with Crippen LogP contribution in [-0.2, 0) is 32.6 Å². The summed E-state index contributed by atoms with van der Waals surface area (Å²) in [7, 11) is -3.57. The molecule has 7 nitrogen and oxygen atoms in total. The van der Waals surface area contributed by atoms with Crippen LogP contribution in [0.25, 0.3) is 0 Å². The number of benzene rings is 3. The molecule has 0 saturated carbocycles. The molecular formula is C34H45N3O4S. The second-order valence-corrected chi connectivity index (χ2v) is 13.5. The van der Waals surface area contributed by atoms with Crippen molar-refractivity contribution >= 4 is 27.5 Å². The zero-order valence-electron chi connectivity index (χ0n) is 25.8. The third kappa shape index (κ3) is 9.72. The predicted octanol–water partition coefficient (Wildman–Crippen LogP) is 5.57. The van der Waals surface area contributed by atoms with E-state index in [1.807, 2.05) is 107 Å². The molecule has 0 unspecified atom stereocenters. The highest BCUT2D eigenvalue weighted by molar-refractivity contribution is 7.92. The number of hydrogen-bond donors (Lipinski definition) is 1. The van der Waals surface area contributed by atoms with Gasteiger partial charge in [0, 0.05) is 32.5 Å². The largest absolute Gasteiger partial charge is 0.354 e. The molecule has 0 spiro atoms. The predicted molar refractivity (Wildman–Crippen MR) is 171 cm³/mol. The molecule has 0 aliphatic carbocycles. The van der Waals surface area contributed by atoms with Crippen LogP contribution in [-0.4, -0.2) is 50.5 Å². The molecule has 1 N–H and O–H groups in total. The van der Waals surface area contributed by atoms with Gasteiger partial charge in [-0.05, 0) is 73.1 Å². The standard InChI is InChI=1S/C34H45N3O4S/c1-25(2)23-35-34(39)32(22-29-14-8-7-9-15-29)36(24-30-16-11-10-13-28(30)5)33(38)17-12-18-37(42(6,40)41)31-20-26(3)19-27(4)21-31/h7-11,13-16,19-21,25,32H,12,17-18,22-24H2,1-6H3,(H,35,39)/t32-/m1/s1. The molecule has 0 radical (unpaired) electrons. The third-order valence-electron chi connectivity index (χ3n) is 7.20. The Morgan fingerprint density at radius 2 is 1.50 bits per heavy atom. The molecule has 1 atom stereocenters. The quantitative estimate of drug-likeness (QED) is 0.266. The molecule has 0 fully saturated rings. The summed E-state index contributed by atoms with van der Waals surface area (Å²) in [5.74, 6) is -0.116. The summed E-state index contributed by atoms with van der Waals surface area (Å²) >= 11 is 0. The number of anilines is 1. The van der Waals surface area contributed by atoms with Crippen LogP contribution in [0, 0.1) is 26.7 Å². The maximum Gasteiger partial charge on any atom is 0.243 e. The number of hydrogen-bond acceptors (Lipinski definition) is 4. The van der Waals surface area contributed by atoms with Crippen LogP contribution >= 0.6 is 0 Å². The first-order valence-electron chi connectivity index (χ1n) is 14.6. The maximum absolute atomic E-state index is 14.0. The highest BCUT2D eigenvalue weighted by Gasteiger charge is 2.31. The molecule has 3 rings (SSSR count). The first-order valence-corrected chi connectivity index (χ1v) is 16.4. The number of amides is 2. The highest BCUT2D eigenvalue weighted by atomic mass is 32.2. The second kappa shape index (κ2) is 15.0. The molecule has 0 aliphatic rings. The average Bonchev–Trinajstić information content (AvgIpc) is 2.91. The van der Waals surface area contributed by atoms with Crippen molar-refractivity contribution in [3.8, 4) is 0 Å². The van der Waals surface area contributed by atoms with Gasteiger partial charge in [0.25, 0.3) is 0 Å². The molecule has 0 heterocycles. The number of carbonyl (C=O) groups excluding carboxylic acids is 2. The fraction of sp³-hybridized carbons (Fsp3) is 0.412. The average molecular weight is 592 g/mol. The van der Waals surface area contributed by atoms with Crippen LogP contribution in [0.5, 0.6) is 0 Å². The summed E-state index contributed by atoms with van der Waals surface area (Å²) < 4.78 is 26.9. The summed E-state index contributed by atoms with van der Waals surface area (Å²) in [6.07, 6.45) is 1.98. The zero-order chi connectivity index (χ0) is 30.9. The minimum Gasteiger partial charge on any atom is -0.354 e. The van der Waals surface area contributed by atoms with Crippen molar-refractivity contribution in [2.24, 2.45) is 5.92 Å². The van der Waals surface area contributed by atoms with Crippen LogP contribution < -0.4 is 9.62 Å². The van der Waals surface area contributed by atoms with Gasteiger partial charge in [-0.3, -0.25) is 13.9 Å². The van der Waals surface area contributed by atoms with Crippen LogP contribution in [0.3, 0.4) is 0 Å². The lowest BCUT2D eigenvalue weighted by Crippen LogP contribution is -2.51.